The van der Waals surface area contributed by atoms with Crippen LogP contribution in [0.15, 0.2) is 24.3 Å². The van der Waals surface area contributed by atoms with E-state index in [-0.39, 0.29) is 36.5 Å². The summed E-state index contributed by atoms with van der Waals surface area (Å²) in [6.45, 7) is 8.13. The van der Waals surface area contributed by atoms with Crippen LogP contribution in [0.3, 0.4) is 0 Å². The maximum atomic E-state index is 13.7. The van der Waals surface area contributed by atoms with Crippen LogP contribution < -0.4 is 16.0 Å². The first-order valence-corrected chi connectivity index (χ1v) is 12.8. The lowest BCUT2D eigenvalue weighted by molar-refractivity contribution is -0.144. The summed E-state index contributed by atoms with van der Waals surface area (Å²) in [4.78, 5) is 41.6. The fraction of sp³-hybridized carbons (Fsp3) is 0.607. The third-order valence-electron chi connectivity index (χ3n) is 7.20. The van der Waals surface area contributed by atoms with Gasteiger partial charge in [-0.3, -0.25) is 14.4 Å². The van der Waals surface area contributed by atoms with Crippen LogP contribution in [-0.4, -0.2) is 67.1 Å². The topological polar surface area (TPSA) is 99.8 Å². The van der Waals surface area contributed by atoms with Gasteiger partial charge in [0.2, 0.25) is 17.7 Å². The molecule has 196 valence electrons. The molecule has 8 heteroatoms. The number of nitrogens with one attached hydrogen (secondary N) is 3. The second-order valence-corrected chi connectivity index (χ2v) is 10.8. The predicted molar refractivity (Wildman–Crippen MR) is 139 cm³/mol. The molecule has 0 aromatic heterocycles. The number of fused-ring (bicyclic) bond motifs is 1. The minimum Gasteiger partial charge on any atom is -0.363 e. The Kier molecular flexibility index (Phi) is 9.15. The molecule has 0 unspecified atom stereocenters. The number of hydrogen-bond acceptors (Lipinski definition) is 5. The highest BCUT2D eigenvalue weighted by atomic mass is 16.5. The number of benzene rings is 1. The average Bonchev–Trinajstić information content (AvgIpc) is 3.35. The molecule has 0 radical (unpaired) electrons. The zero-order chi connectivity index (χ0) is 26.5. The second kappa shape index (κ2) is 11.9. The quantitative estimate of drug-likeness (QED) is 0.478. The van der Waals surface area contributed by atoms with Crippen LogP contribution in [0.4, 0.5) is 0 Å². The van der Waals surface area contributed by atoms with Crippen molar-refractivity contribution in [2.75, 3.05) is 20.2 Å². The van der Waals surface area contributed by atoms with Crippen molar-refractivity contribution < 1.29 is 19.1 Å². The Morgan fingerprint density at radius 3 is 2.61 bits per heavy atom. The summed E-state index contributed by atoms with van der Waals surface area (Å²) in [7, 11) is 1.70. The second-order valence-electron chi connectivity index (χ2n) is 10.8. The highest BCUT2D eigenvalue weighted by molar-refractivity contribution is 5.94. The molecule has 1 aliphatic carbocycles. The Balaban J connectivity index is 1.80. The number of nitrogens with zero attached hydrogens (tertiary/aromatic N) is 1. The molecule has 2 aliphatic rings. The van der Waals surface area contributed by atoms with Gasteiger partial charge in [-0.1, -0.05) is 51.0 Å². The molecule has 8 nitrogen and oxygen atoms in total. The molecule has 1 heterocycles. The van der Waals surface area contributed by atoms with Crippen molar-refractivity contribution in [3.63, 3.8) is 0 Å². The van der Waals surface area contributed by atoms with E-state index in [0.29, 0.717) is 13.0 Å². The Hall–Kier alpha value is -2.89. The van der Waals surface area contributed by atoms with E-state index in [2.05, 4.69) is 27.9 Å². The van der Waals surface area contributed by atoms with Crippen LogP contribution in [0.25, 0.3) is 0 Å². The molecule has 3 N–H and O–H groups in total. The predicted octanol–water partition coefficient (Wildman–Crippen LogP) is 1.94. The Labute approximate surface area is 214 Å². The molecule has 1 aliphatic heterocycles. The third-order valence-corrected chi connectivity index (χ3v) is 7.20. The molecule has 1 saturated heterocycles. The largest absolute Gasteiger partial charge is 0.363 e. The SMILES string of the molecule is C#CCO[C@@H]1CCc2ccccc2[C@@H]1NC(=O)[C@@H]1CCCN1C(=O)[C@@H](NC(=O)[C@H](C)NC)C(C)(C)C. The minimum absolute atomic E-state index is 0.172. The van der Waals surface area contributed by atoms with E-state index in [9.17, 15) is 14.4 Å². The number of likely N-dealkylation sites (tertiary alicyclic amines) is 1. The lowest BCUT2D eigenvalue weighted by atomic mass is 9.85. The highest BCUT2D eigenvalue weighted by Crippen LogP contribution is 2.33. The van der Waals surface area contributed by atoms with Gasteiger partial charge in [0.25, 0.3) is 0 Å². The van der Waals surface area contributed by atoms with Gasteiger partial charge in [0, 0.05) is 6.54 Å². The van der Waals surface area contributed by atoms with Crippen LogP contribution in [0.1, 0.15) is 64.1 Å². The van der Waals surface area contributed by atoms with E-state index in [0.717, 1.165) is 24.8 Å². The van der Waals surface area contributed by atoms with Crippen LogP contribution >= 0.6 is 0 Å². The van der Waals surface area contributed by atoms with Gasteiger partial charge < -0.3 is 25.6 Å². The molecule has 3 rings (SSSR count). The highest BCUT2D eigenvalue weighted by Gasteiger charge is 2.43. The smallest absolute Gasteiger partial charge is 0.246 e. The van der Waals surface area contributed by atoms with Gasteiger partial charge in [0.15, 0.2) is 0 Å². The van der Waals surface area contributed by atoms with Gasteiger partial charge in [-0.05, 0) is 56.2 Å². The number of terminal acetylenes is 1. The summed E-state index contributed by atoms with van der Waals surface area (Å²) in [5.74, 6) is 1.82. The van der Waals surface area contributed by atoms with Crippen LogP contribution in [0.2, 0.25) is 0 Å². The summed E-state index contributed by atoms with van der Waals surface area (Å²) in [6, 6.07) is 5.88. The van der Waals surface area contributed by atoms with Crippen molar-refractivity contribution in [1.29, 1.82) is 0 Å². The van der Waals surface area contributed by atoms with Crippen molar-refractivity contribution in [3.05, 3.63) is 35.4 Å². The summed E-state index contributed by atoms with van der Waals surface area (Å²) < 4.78 is 5.91. The van der Waals surface area contributed by atoms with Gasteiger partial charge in [-0.2, -0.15) is 0 Å². The number of carbonyl (C=O) groups excluding carboxylic acids is 3. The number of hydrogen-bond donors (Lipinski definition) is 3. The zero-order valence-corrected chi connectivity index (χ0v) is 22.1. The Morgan fingerprint density at radius 1 is 1.22 bits per heavy atom. The summed E-state index contributed by atoms with van der Waals surface area (Å²) in [6.07, 6.45) is 8.07. The first-order valence-electron chi connectivity index (χ1n) is 12.8. The van der Waals surface area contributed by atoms with Crippen LogP contribution in [0.5, 0.6) is 0 Å². The molecule has 1 fully saturated rings. The Bertz CT molecular complexity index is 996. The van der Waals surface area contributed by atoms with Gasteiger partial charge in [-0.15, -0.1) is 6.42 Å². The molecule has 5 atom stereocenters. The normalized spacial score (nSPS) is 23.2. The third kappa shape index (κ3) is 6.26. The summed E-state index contributed by atoms with van der Waals surface area (Å²) in [5, 5.41) is 8.99. The maximum absolute atomic E-state index is 13.7. The van der Waals surface area contributed by atoms with Crippen molar-refractivity contribution in [3.8, 4) is 12.3 Å². The van der Waals surface area contributed by atoms with Crippen molar-refractivity contribution >= 4 is 17.7 Å². The number of amides is 3. The zero-order valence-electron chi connectivity index (χ0n) is 22.1. The minimum atomic E-state index is -0.753. The molecule has 1 aromatic rings. The monoisotopic (exact) mass is 496 g/mol. The van der Waals surface area contributed by atoms with E-state index in [4.69, 9.17) is 11.2 Å². The standard InChI is InChI=1S/C28H40N4O4/c1-7-17-36-22-15-14-19-11-8-9-12-20(19)23(22)30-26(34)21-13-10-16-32(21)27(35)24(28(3,4)5)31-25(33)18(2)29-6/h1,8-9,11-12,18,21-24,29H,10,13-17H2,2-6H3,(H,30,34)(H,31,33)/t18-,21-,22+,23-,24+/m0/s1. The van der Waals surface area contributed by atoms with E-state index in [1.165, 1.54) is 5.56 Å². The van der Waals surface area contributed by atoms with Crippen molar-refractivity contribution in [1.82, 2.24) is 20.9 Å². The number of likely N-dealkylation sites (N-methyl/N-ethyl adjacent to an activating group) is 1. The molecule has 36 heavy (non-hydrogen) atoms. The Morgan fingerprint density at radius 2 is 1.94 bits per heavy atom. The van der Waals surface area contributed by atoms with E-state index in [1.54, 1.807) is 18.9 Å². The lowest BCUT2D eigenvalue weighted by Crippen LogP contribution is -2.59. The van der Waals surface area contributed by atoms with Gasteiger partial charge in [-0.25, -0.2) is 0 Å². The molecule has 0 bridgehead atoms. The number of ether oxygens (including phenoxy) is 1. The van der Waals surface area contributed by atoms with Crippen LogP contribution in [0, 0.1) is 17.8 Å². The van der Waals surface area contributed by atoms with Crippen LogP contribution in [-0.2, 0) is 25.5 Å². The first kappa shape index (κ1) is 27.7. The molecule has 0 spiro atoms. The van der Waals surface area contributed by atoms with Crippen molar-refractivity contribution in [2.45, 2.75) is 83.6 Å². The molecular formula is C28H40N4O4. The number of rotatable bonds is 8. The summed E-state index contributed by atoms with van der Waals surface area (Å²) in [5.41, 5.74) is 1.67. The van der Waals surface area contributed by atoms with Gasteiger partial charge in [0.1, 0.15) is 18.7 Å². The van der Waals surface area contributed by atoms with Gasteiger partial charge >= 0.3 is 0 Å². The fourth-order valence-electron chi connectivity index (χ4n) is 5.00. The van der Waals surface area contributed by atoms with E-state index in [1.807, 2.05) is 39.0 Å². The molecule has 3 amide bonds. The molecule has 1 aromatic carbocycles. The molecular weight excluding hydrogens is 456 g/mol. The average molecular weight is 497 g/mol. The fourth-order valence-corrected chi connectivity index (χ4v) is 5.00. The lowest BCUT2D eigenvalue weighted by Gasteiger charge is -2.37. The van der Waals surface area contributed by atoms with E-state index >= 15 is 0 Å². The number of carbonyl (C=O) groups is 3. The van der Waals surface area contributed by atoms with E-state index < -0.39 is 23.5 Å². The number of aryl methyl sites for hydroxylation is 1. The maximum Gasteiger partial charge on any atom is 0.246 e. The summed E-state index contributed by atoms with van der Waals surface area (Å²) >= 11 is 0. The van der Waals surface area contributed by atoms with Gasteiger partial charge in [0.05, 0.1) is 18.2 Å². The molecule has 0 saturated carbocycles. The first-order chi connectivity index (χ1) is 17.1. The van der Waals surface area contributed by atoms with Crippen molar-refractivity contribution in [2.24, 2.45) is 5.41 Å².